The van der Waals surface area contributed by atoms with Crippen molar-refractivity contribution in [2.24, 2.45) is 0 Å². The molecule has 0 spiro atoms. The number of rotatable bonds is 4. The smallest absolute Gasteiger partial charge is 0.115 e. The van der Waals surface area contributed by atoms with Crippen LogP contribution < -0.4 is 5.32 Å². The summed E-state index contributed by atoms with van der Waals surface area (Å²) in [4.78, 5) is 0. The Morgan fingerprint density at radius 1 is 0.944 bits per heavy atom. The summed E-state index contributed by atoms with van der Waals surface area (Å²) in [6.07, 6.45) is 0.952. The van der Waals surface area contributed by atoms with Crippen LogP contribution in [0.3, 0.4) is 0 Å². The predicted molar refractivity (Wildman–Crippen MR) is 76.2 cm³/mol. The number of phenolic OH excluding ortho intramolecular Hbond substituents is 1. The van der Waals surface area contributed by atoms with Crippen LogP contribution in [0.2, 0.25) is 0 Å². The van der Waals surface area contributed by atoms with Gasteiger partial charge in [0.1, 0.15) is 5.75 Å². The topological polar surface area (TPSA) is 32.3 Å². The second-order valence-electron chi connectivity index (χ2n) is 4.72. The maximum Gasteiger partial charge on any atom is 0.115 e. The van der Waals surface area contributed by atoms with E-state index < -0.39 is 0 Å². The number of aromatic hydroxyl groups is 1. The lowest BCUT2D eigenvalue weighted by atomic mass is 10.1. The van der Waals surface area contributed by atoms with Gasteiger partial charge in [0.05, 0.1) is 0 Å². The van der Waals surface area contributed by atoms with Crippen LogP contribution in [0.5, 0.6) is 5.75 Å². The summed E-state index contributed by atoms with van der Waals surface area (Å²) in [5.41, 5.74) is 4.96. The van der Waals surface area contributed by atoms with E-state index in [0.717, 1.165) is 13.0 Å². The van der Waals surface area contributed by atoms with E-state index in [0.29, 0.717) is 5.75 Å². The van der Waals surface area contributed by atoms with Crippen molar-refractivity contribution < 1.29 is 5.11 Å². The molecule has 0 bridgehead atoms. The first-order chi connectivity index (χ1) is 8.63. The molecule has 0 saturated heterocycles. The Labute approximate surface area is 108 Å². The van der Waals surface area contributed by atoms with Crippen molar-refractivity contribution in [1.29, 1.82) is 0 Å². The molecule has 2 rings (SSSR count). The molecule has 2 aromatic carbocycles. The van der Waals surface area contributed by atoms with E-state index in [1.54, 1.807) is 12.1 Å². The summed E-state index contributed by atoms with van der Waals surface area (Å²) in [7, 11) is 0. The molecule has 0 saturated carbocycles. The second kappa shape index (κ2) is 5.58. The number of hydrogen-bond donors (Lipinski definition) is 2. The number of hydrogen-bond acceptors (Lipinski definition) is 2. The lowest BCUT2D eigenvalue weighted by Gasteiger charge is -2.08. The van der Waals surface area contributed by atoms with Gasteiger partial charge in [0, 0.05) is 12.2 Å². The van der Waals surface area contributed by atoms with Crippen molar-refractivity contribution in [3.63, 3.8) is 0 Å². The Hall–Kier alpha value is -1.96. The average Bonchev–Trinajstić information content (AvgIpc) is 2.30. The van der Waals surface area contributed by atoms with E-state index in [9.17, 15) is 5.11 Å². The van der Waals surface area contributed by atoms with Gasteiger partial charge in [-0.2, -0.15) is 0 Å². The van der Waals surface area contributed by atoms with Crippen LogP contribution in [0.15, 0.2) is 42.5 Å². The van der Waals surface area contributed by atoms with Gasteiger partial charge in [0.25, 0.3) is 0 Å². The molecular formula is C16H19NO. The molecule has 2 heteroatoms. The summed E-state index contributed by atoms with van der Waals surface area (Å²) in [6, 6.07) is 13.9. The van der Waals surface area contributed by atoms with Crippen molar-refractivity contribution in [2.75, 3.05) is 11.9 Å². The fourth-order valence-electron chi connectivity index (χ4n) is 2.09. The zero-order chi connectivity index (χ0) is 13.0. The maximum atomic E-state index is 9.21. The van der Waals surface area contributed by atoms with E-state index in [1.165, 1.54) is 22.4 Å². The van der Waals surface area contributed by atoms with Crippen LogP contribution in [-0.4, -0.2) is 11.7 Å². The standard InChI is InChI=1S/C16H19NO/c1-12-9-13(2)11-15(10-12)17-8-7-14-3-5-16(18)6-4-14/h3-6,9-11,17-18H,7-8H2,1-2H3. The van der Waals surface area contributed by atoms with Crippen LogP contribution in [0.25, 0.3) is 0 Å². The number of anilines is 1. The minimum atomic E-state index is 0.320. The summed E-state index contributed by atoms with van der Waals surface area (Å²) in [6.45, 7) is 5.12. The lowest BCUT2D eigenvalue weighted by molar-refractivity contribution is 0.475. The number of benzene rings is 2. The molecule has 2 N–H and O–H groups in total. The largest absolute Gasteiger partial charge is 0.508 e. The first-order valence-electron chi connectivity index (χ1n) is 6.23. The van der Waals surface area contributed by atoms with E-state index in [-0.39, 0.29) is 0 Å². The number of aryl methyl sites for hydroxylation is 2. The van der Waals surface area contributed by atoms with Gasteiger partial charge in [-0.05, 0) is 61.2 Å². The average molecular weight is 241 g/mol. The molecule has 94 valence electrons. The molecule has 0 unspecified atom stereocenters. The molecule has 0 heterocycles. The fourth-order valence-corrected chi connectivity index (χ4v) is 2.09. The van der Waals surface area contributed by atoms with Gasteiger partial charge < -0.3 is 10.4 Å². The SMILES string of the molecule is Cc1cc(C)cc(NCCc2ccc(O)cc2)c1. The number of phenols is 1. The highest BCUT2D eigenvalue weighted by molar-refractivity contribution is 5.48. The normalized spacial score (nSPS) is 10.3. The van der Waals surface area contributed by atoms with E-state index in [2.05, 4.69) is 37.4 Å². The minimum absolute atomic E-state index is 0.320. The van der Waals surface area contributed by atoms with Gasteiger partial charge in [-0.15, -0.1) is 0 Å². The summed E-state index contributed by atoms with van der Waals surface area (Å²) in [5.74, 6) is 0.320. The van der Waals surface area contributed by atoms with Gasteiger partial charge in [-0.3, -0.25) is 0 Å². The van der Waals surface area contributed by atoms with Crippen molar-refractivity contribution in [2.45, 2.75) is 20.3 Å². The Balaban J connectivity index is 1.90. The van der Waals surface area contributed by atoms with E-state index >= 15 is 0 Å². The van der Waals surface area contributed by atoms with Gasteiger partial charge in [0.2, 0.25) is 0 Å². The third kappa shape index (κ3) is 3.52. The first kappa shape index (κ1) is 12.5. The van der Waals surface area contributed by atoms with Crippen molar-refractivity contribution in [1.82, 2.24) is 0 Å². The second-order valence-corrected chi connectivity index (χ2v) is 4.72. The quantitative estimate of drug-likeness (QED) is 0.856. The Kier molecular flexibility index (Phi) is 3.88. The zero-order valence-electron chi connectivity index (χ0n) is 10.9. The molecule has 0 radical (unpaired) electrons. The molecule has 0 aromatic heterocycles. The fraction of sp³-hybridized carbons (Fsp3) is 0.250. The summed E-state index contributed by atoms with van der Waals surface area (Å²) in [5, 5.41) is 12.6. The summed E-state index contributed by atoms with van der Waals surface area (Å²) >= 11 is 0. The first-order valence-corrected chi connectivity index (χ1v) is 6.23. The highest BCUT2D eigenvalue weighted by Crippen LogP contribution is 2.14. The molecule has 0 aliphatic rings. The van der Waals surface area contributed by atoms with Gasteiger partial charge in [-0.1, -0.05) is 18.2 Å². The van der Waals surface area contributed by atoms with Crippen LogP contribution in [0.4, 0.5) is 5.69 Å². The van der Waals surface area contributed by atoms with Crippen molar-refractivity contribution >= 4 is 5.69 Å². The summed E-state index contributed by atoms with van der Waals surface area (Å²) < 4.78 is 0. The third-order valence-electron chi connectivity index (χ3n) is 2.90. The van der Waals surface area contributed by atoms with Crippen LogP contribution >= 0.6 is 0 Å². The molecule has 0 fully saturated rings. The van der Waals surface area contributed by atoms with E-state index in [1.807, 2.05) is 12.1 Å². The Morgan fingerprint density at radius 3 is 2.17 bits per heavy atom. The van der Waals surface area contributed by atoms with Crippen LogP contribution in [0, 0.1) is 13.8 Å². The van der Waals surface area contributed by atoms with Crippen LogP contribution in [0.1, 0.15) is 16.7 Å². The van der Waals surface area contributed by atoms with Gasteiger partial charge in [-0.25, -0.2) is 0 Å². The molecule has 0 aliphatic carbocycles. The molecule has 2 nitrogen and oxygen atoms in total. The molecule has 2 aromatic rings. The lowest BCUT2D eigenvalue weighted by Crippen LogP contribution is -2.05. The van der Waals surface area contributed by atoms with Crippen LogP contribution in [-0.2, 0) is 6.42 Å². The predicted octanol–water partition coefficient (Wildman–Crippen LogP) is 3.66. The van der Waals surface area contributed by atoms with Gasteiger partial charge in [0.15, 0.2) is 0 Å². The molecule has 0 amide bonds. The zero-order valence-corrected chi connectivity index (χ0v) is 10.9. The Morgan fingerprint density at radius 2 is 1.56 bits per heavy atom. The molecule has 18 heavy (non-hydrogen) atoms. The van der Waals surface area contributed by atoms with Crippen molar-refractivity contribution in [3.8, 4) is 5.75 Å². The maximum absolute atomic E-state index is 9.21. The minimum Gasteiger partial charge on any atom is -0.508 e. The third-order valence-corrected chi connectivity index (χ3v) is 2.90. The molecular weight excluding hydrogens is 222 g/mol. The molecule has 0 atom stereocenters. The van der Waals surface area contributed by atoms with Crippen molar-refractivity contribution in [3.05, 3.63) is 59.2 Å². The van der Waals surface area contributed by atoms with E-state index in [4.69, 9.17) is 0 Å². The highest BCUT2D eigenvalue weighted by atomic mass is 16.3. The van der Waals surface area contributed by atoms with Gasteiger partial charge >= 0.3 is 0 Å². The molecule has 0 aliphatic heterocycles. The Bertz CT molecular complexity index is 497. The number of nitrogens with one attached hydrogen (secondary N) is 1. The highest BCUT2D eigenvalue weighted by Gasteiger charge is 1.97. The monoisotopic (exact) mass is 241 g/mol.